The van der Waals surface area contributed by atoms with E-state index in [2.05, 4.69) is 20.7 Å². The number of amides is 2. The molecule has 0 radical (unpaired) electrons. The topological polar surface area (TPSA) is 103 Å². The van der Waals surface area contributed by atoms with E-state index in [1.807, 2.05) is 31.2 Å². The molecule has 0 aliphatic rings. The fraction of sp³-hybridized carbons (Fsp3) is 0.222. The third-order valence-corrected chi connectivity index (χ3v) is 5.64. The lowest BCUT2D eigenvalue weighted by molar-refractivity contribution is 0.0956. The number of halogens is 1. The number of rotatable bonds is 11. The minimum absolute atomic E-state index is 0.0685. The molecule has 188 valence electrons. The fourth-order valence-corrected chi connectivity index (χ4v) is 3.69. The SMILES string of the molecule is CCN(CCO)Cc1cccc(C(=O)Nc2ccc(Cl)cc2C(=O)NN=Cc2cccc(OC)c2)c1. The van der Waals surface area contributed by atoms with Gasteiger partial charge in [-0.15, -0.1) is 0 Å². The van der Waals surface area contributed by atoms with Gasteiger partial charge in [0.15, 0.2) is 0 Å². The second-order valence-electron chi connectivity index (χ2n) is 7.91. The second-order valence-corrected chi connectivity index (χ2v) is 8.35. The number of hydrogen-bond acceptors (Lipinski definition) is 6. The van der Waals surface area contributed by atoms with Gasteiger partial charge in [0.1, 0.15) is 5.75 Å². The summed E-state index contributed by atoms with van der Waals surface area (Å²) in [6.07, 6.45) is 1.49. The van der Waals surface area contributed by atoms with E-state index in [0.29, 0.717) is 35.1 Å². The molecule has 2 amide bonds. The molecule has 8 nitrogen and oxygen atoms in total. The van der Waals surface area contributed by atoms with E-state index in [-0.39, 0.29) is 18.1 Å². The van der Waals surface area contributed by atoms with Crippen molar-refractivity contribution in [3.63, 3.8) is 0 Å². The maximum atomic E-state index is 13.0. The van der Waals surface area contributed by atoms with Gasteiger partial charge >= 0.3 is 0 Å². The first kappa shape index (κ1) is 26.9. The molecule has 0 aromatic heterocycles. The molecule has 0 atom stereocenters. The van der Waals surface area contributed by atoms with Gasteiger partial charge in [0, 0.05) is 23.7 Å². The monoisotopic (exact) mass is 508 g/mol. The number of nitrogens with zero attached hydrogens (tertiary/aromatic N) is 2. The van der Waals surface area contributed by atoms with Crippen molar-refractivity contribution in [2.45, 2.75) is 13.5 Å². The minimum Gasteiger partial charge on any atom is -0.497 e. The summed E-state index contributed by atoms with van der Waals surface area (Å²) in [5.41, 5.74) is 5.09. The van der Waals surface area contributed by atoms with Gasteiger partial charge in [-0.2, -0.15) is 5.10 Å². The lowest BCUT2D eigenvalue weighted by Crippen LogP contribution is -2.26. The summed E-state index contributed by atoms with van der Waals surface area (Å²) in [5, 5.41) is 16.4. The highest BCUT2D eigenvalue weighted by Gasteiger charge is 2.16. The summed E-state index contributed by atoms with van der Waals surface area (Å²) in [4.78, 5) is 27.9. The van der Waals surface area contributed by atoms with Crippen molar-refractivity contribution >= 4 is 35.3 Å². The molecule has 3 aromatic rings. The van der Waals surface area contributed by atoms with Crippen molar-refractivity contribution in [1.29, 1.82) is 0 Å². The van der Waals surface area contributed by atoms with Crippen LogP contribution in [0.3, 0.4) is 0 Å². The summed E-state index contributed by atoms with van der Waals surface area (Å²) in [5.74, 6) is -0.216. The number of carbonyl (C=O) groups excluding carboxylic acids is 2. The van der Waals surface area contributed by atoms with Gasteiger partial charge in [-0.1, -0.05) is 42.8 Å². The molecule has 0 saturated carbocycles. The minimum atomic E-state index is -0.525. The van der Waals surface area contributed by atoms with E-state index in [4.69, 9.17) is 16.3 Å². The number of methoxy groups -OCH3 is 1. The van der Waals surface area contributed by atoms with Crippen LogP contribution in [0.5, 0.6) is 5.75 Å². The largest absolute Gasteiger partial charge is 0.497 e. The van der Waals surface area contributed by atoms with Crippen LogP contribution >= 0.6 is 11.6 Å². The van der Waals surface area contributed by atoms with Crippen LogP contribution in [-0.2, 0) is 6.54 Å². The number of hydrogen-bond donors (Lipinski definition) is 3. The zero-order valence-electron chi connectivity index (χ0n) is 20.2. The van der Waals surface area contributed by atoms with Crippen LogP contribution in [0.25, 0.3) is 0 Å². The highest BCUT2D eigenvalue weighted by atomic mass is 35.5. The molecule has 0 saturated heterocycles. The van der Waals surface area contributed by atoms with Crippen molar-refractivity contribution in [2.75, 3.05) is 32.1 Å². The van der Waals surface area contributed by atoms with Crippen molar-refractivity contribution in [3.05, 3.63) is 94.0 Å². The molecule has 0 aliphatic carbocycles. The van der Waals surface area contributed by atoms with Crippen molar-refractivity contribution < 1.29 is 19.4 Å². The lowest BCUT2D eigenvalue weighted by atomic mass is 10.1. The van der Waals surface area contributed by atoms with Crippen LogP contribution in [0.4, 0.5) is 5.69 Å². The van der Waals surface area contributed by atoms with Crippen LogP contribution in [0.15, 0.2) is 71.8 Å². The van der Waals surface area contributed by atoms with Crippen molar-refractivity contribution in [2.24, 2.45) is 5.10 Å². The number of likely N-dealkylation sites (N-methyl/N-ethyl adjacent to an activating group) is 1. The third kappa shape index (κ3) is 7.64. The number of carbonyl (C=O) groups is 2. The molecule has 0 heterocycles. The van der Waals surface area contributed by atoms with Gasteiger partial charge in [-0.25, -0.2) is 5.43 Å². The molecular weight excluding hydrogens is 480 g/mol. The Morgan fingerprint density at radius 3 is 2.64 bits per heavy atom. The molecule has 0 fully saturated rings. The molecule has 3 aromatic carbocycles. The number of ether oxygens (including phenoxy) is 1. The maximum absolute atomic E-state index is 13.0. The van der Waals surface area contributed by atoms with Crippen LogP contribution in [0.2, 0.25) is 5.02 Å². The van der Waals surface area contributed by atoms with Gasteiger partial charge in [0.25, 0.3) is 11.8 Å². The van der Waals surface area contributed by atoms with Gasteiger partial charge in [0.2, 0.25) is 0 Å². The third-order valence-electron chi connectivity index (χ3n) is 5.41. The summed E-state index contributed by atoms with van der Waals surface area (Å²) < 4.78 is 5.18. The Labute approximate surface area is 215 Å². The smallest absolute Gasteiger partial charge is 0.273 e. The maximum Gasteiger partial charge on any atom is 0.273 e. The van der Waals surface area contributed by atoms with E-state index >= 15 is 0 Å². The average Bonchev–Trinajstić information content (AvgIpc) is 2.89. The Morgan fingerprint density at radius 2 is 1.89 bits per heavy atom. The normalized spacial score (nSPS) is 11.0. The number of nitrogens with one attached hydrogen (secondary N) is 2. The fourth-order valence-electron chi connectivity index (χ4n) is 3.51. The van der Waals surface area contributed by atoms with Crippen LogP contribution in [-0.4, -0.2) is 54.8 Å². The Bertz CT molecular complexity index is 1230. The molecular formula is C27H29ClN4O4. The predicted molar refractivity (Wildman–Crippen MR) is 142 cm³/mol. The first-order valence-electron chi connectivity index (χ1n) is 11.4. The second kappa shape index (κ2) is 13.4. The van der Waals surface area contributed by atoms with E-state index in [1.165, 1.54) is 12.3 Å². The van der Waals surface area contributed by atoms with Gasteiger partial charge < -0.3 is 15.2 Å². The molecule has 3 rings (SSSR count). The number of aliphatic hydroxyl groups is 1. The van der Waals surface area contributed by atoms with Crippen molar-refractivity contribution in [1.82, 2.24) is 10.3 Å². The molecule has 0 spiro atoms. The summed E-state index contributed by atoms with van der Waals surface area (Å²) in [7, 11) is 1.57. The van der Waals surface area contributed by atoms with Crippen LogP contribution in [0, 0.1) is 0 Å². The zero-order chi connectivity index (χ0) is 25.9. The Balaban J connectivity index is 1.73. The molecule has 0 aliphatic heterocycles. The first-order chi connectivity index (χ1) is 17.4. The van der Waals surface area contributed by atoms with E-state index in [9.17, 15) is 14.7 Å². The van der Waals surface area contributed by atoms with Gasteiger partial charge in [-0.05, 0) is 60.1 Å². The highest BCUT2D eigenvalue weighted by molar-refractivity contribution is 6.31. The molecule has 9 heteroatoms. The number of anilines is 1. The van der Waals surface area contributed by atoms with Gasteiger partial charge in [-0.3, -0.25) is 14.5 Å². The van der Waals surface area contributed by atoms with Crippen molar-refractivity contribution in [3.8, 4) is 5.75 Å². The average molecular weight is 509 g/mol. The highest BCUT2D eigenvalue weighted by Crippen LogP contribution is 2.22. The zero-order valence-corrected chi connectivity index (χ0v) is 21.0. The standard InChI is InChI=1S/C27H29ClN4O4/c1-3-32(12-13-33)18-20-7-4-8-21(14-20)26(34)30-25-11-10-22(28)16-24(25)27(35)31-29-17-19-6-5-9-23(15-19)36-2/h4-11,14-17,33H,3,12-13,18H2,1-2H3,(H,30,34)(H,31,35). The Morgan fingerprint density at radius 1 is 1.08 bits per heavy atom. The molecule has 0 unspecified atom stereocenters. The first-order valence-corrected chi connectivity index (χ1v) is 11.8. The number of aliphatic hydroxyl groups excluding tert-OH is 1. The number of hydrazone groups is 1. The van der Waals surface area contributed by atoms with Gasteiger partial charge in [0.05, 0.1) is 31.2 Å². The van der Waals surface area contributed by atoms with E-state index in [1.54, 1.807) is 43.5 Å². The molecule has 36 heavy (non-hydrogen) atoms. The summed E-state index contributed by atoms with van der Waals surface area (Å²) in [6.45, 7) is 4.02. The number of benzene rings is 3. The van der Waals surface area contributed by atoms with Crippen LogP contribution < -0.4 is 15.5 Å². The summed E-state index contributed by atoms with van der Waals surface area (Å²) in [6, 6.07) is 19.1. The van der Waals surface area contributed by atoms with E-state index < -0.39 is 5.91 Å². The Kier molecular flexibility index (Phi) is 10.00. The van der Waals surface area contributed by atoms with E-state index in [0.717, 1.165) is 17.7 Å². The summed E-state index contributed by atoms with van der Waals surface area (Å²) >= 11 is 6.12. The molecule has 3 N–H and O–H groups in total. The predicted octanol–water partition coefficient (Wildman–Crippen LogP) is 4.18. The lowest BCUT2D eigenvalue weighted by Gasteiger charge is -2.19. The Hall–Kier alpha value is -3.72. The quantitative estimate of drug-likeness (QED) is 0.266. The molecule has 0 bridgehead atoms. The van der Waals surface area contributed by atoms with Crippen LogP contribution in [0.1, 0.15) is 38.8 Å².